The van der Waals surface area contributed by atoms with Crippen LogP contribution in [0.5, 0.6) is 0 Å². The third-order valence-corrected chi connectivity index (χ3v) is 3.47. The number of hydrogen-bond donors (Lipinski definition) is 1. The van der Waals surface area contributed by atoms with Gasteiger partial charge in [-0.25, -0.2) is 9.37 Å². The number of halogens is 1. The van der Waals surface area contributed by atoms with E-state index in [1.54, 1.807) is 25.1 Å². The molecule has 0 atom stereocenters. The van der Waals surface area contributed by atoms with Crippen molar-refractivity contribution < 1.29 is 14.3 Å². The van der Waals surface area contributed by atoms with Gasteiger partial charge in [-0.3, -0.25) is 0 Å². The molecule has 1 N–H and O–H groups in total. The summed E-state index contributed by atoms with van der Waals surface area (Å²) < 4.78 is 13.3. The molecule has 0 saturated carbocycles. The Morgan fingerprint density at radius 1 is 1.50 bits per heavy atom. The maximum absolute atomic E-state index is 13.3. The molecule has 18 heavy (non-hydrogen) atoms. The van der Waals surface area contributed by atoms with Crippen LogP contribution in [-0.4, -0.2) is 11.0 Å². The van der Waals surface area contributed by atoms with Gasteiger partial charge in [0.15, 0.2) is 5.13 Å². The minimum atomic E-state index is -1.25. The molecule has 0 aliphatic rings. The van der Waals surface area contributed by atoms with Gasteiger partial charge >= 0.3 is 0 Å². The highest BCUT2D eigenvalue weighted by atomic mass is 32.1. The maximum Gasteiger partial charge on any atom is 0.183 e. The molecule has 0 spiro atoms. The lowest BCUT2D eigenvalue weighted by molar-refractivity contribution is -0.254. The molecule has 6 heteroatoms. The average molecular weight is 265 g/mol. The summed E-state index contributed by atoms with van der Waals surface area (Å²) in [6.45, 7) is 1.85. The lowest BCUT2D eigenvalue weighted by Gasteiger charge is -2.03. The molecule has 0 amide bonds. The number of thiazole rings is 1. The fraction of sp³-hybridized carbons (Fsp3) is 0.167. The van der Waals surface area contributed by atoms with Gasteiger partial charge in [0.1, 0.15) is 5.82 Å². The van der Waals surface area contributed by atoms with Crippen LogP contribution in [-0.2, 0) is 6.54 Å². The second-order valence-corrected chi connectivity index (χ2v) is 4.67. The summed E-state index contributed by atoms with van der Waals surface area (Å²) in [6, 6.07) is 6.37. The van der Waals surface area contributed by atoms with Crippen molar-refractivity contribution in [1.82, 2.24) is 4.98 Å². The average Bonchev–Trinajstić information content (AvgIpc) is 2.70. The molecule has 94 valence electrons. The van der Waals surface area contributed by atoms with E-state index in [4.69, 9.17) is 0 Å². The highest BCUT2D eigenvalue weighted by Crippen LogP contribution is 2.22. The van der Waals surface area contributed by atoms with E-state index in [9.17, 15) is 14.3 Å². The summed E-state index contributed by atoms with van der Waals surface area (Å²) in [5.74, 6) is -1.55. The molecule has 2 aromatic rings. The maximum atomic E-state index is 13.3. The fourth-order valence-corrected chi connectivity index (χ4v) is 2.27. The molecule has 2 rings (SSSR count). The van der Waals surface area contributed by atoms with Crippen LogP contribution in [0.1, 0.15) is 20.9 Å². The zero-order valence-electron chi connectivity index (χ0n) is 9.57. The third-order valence-electron chi connectivity index (χ3n) is 2.37. The first kappa shape index (κ1) is 12.5. The summed E-state index contributed by atoms with van der Waals surface area (Å²) in [4.78, 5) is 14.9. The van der Waals surface area contributed by atoms with Gasteiger partial charge in [0.05, 0.1) is 16.5 Å². The molecule has 0 radical (unpaired) electrons. The van der Waals surface area contributed by atoms with E-state index in [1.807, 2.05) is 0 Å². The quantitative estimate of drug-likeness (QED) is 0.911. The summed E-state index contributed by atoms with van der Waals surface area (Å²) in [7, 11) is 0. The topological polar surface area (TPSA) is 65.0 Å². The van der Waals surface area contributed by atoms with Crippen LogP contribution in [0.3, 0.4) is 0 Å². The van der Waals surface area contributed by atoms with Crippen molar-refractivity contribution in [3.63, 3.8) is 0 Å². The van der Waals surface area contributed by atoms with E-state index in [0.29, 0.717) is 16.4 Å². The number of rotatable bonds is 4. The Bertz CT molecular complexity index is 583. The molecule has 0 aliphatic heterocycles. The Morgan fingerprint density at radius 3 is 2.83 bits per heavy atom. The van der Waals surface area contributed by atoms with E-state index in [2.05, 4.69) is 10.3 Å². The molecule has 1 heterocycles. The number of aryl methyl sites for hydroxylation is 1. The van der Waals surface area contributed by atoms with Gasteiger partial charge < -0.3 is 15.2 Å². The molecular weight excluding hydrogens is 255 g/mol. The van der Waals surface area contributed by atoms with Gasteiger partial charge in [-0.05, 0) is 13.0 Å². The van der Waals surface area contributed by atoms with E-state index in [0.717, 1.165) is 11.3 Å². The molecule has 0 unspecified atom stereocenters. The molecule has 0 bridgehead atoms. The minimum absolute atomic E-state index is 0.0889. The van der Waals surface area contributed by atoms with Crippen molar-refractivity contribution >= 4 is 22.4 Å². The van der Waals surface area contributed by atoms with Crippen LogP contribution in [0.2, 0.25) is 0 Å². The highest BCUT2D eigenvalue weighted by Gasteiger charge is 2.08. The number of carbonyl (C=O) groups is 1. The van der Waals surface area contributed by atoms with Gasteiger partial charge in [-0.1, -0.05) is 29.5 Å². The van der Waals surface area contributed by atoms with Crippen molar-refractivity contribution in [2.75, 3.05) is 5.32 Å². The van der Waals surface area contributed by atoms with Gasteiger partial charge in [-0.15, -0.1) is 0 Å². The molecule has 1 aromatic heterocycles. The smallest absolute Gasteiger partial charge is 0.183 e. The zero-order chi connectivity index (χ0) is 13.1. The van der Waals surface area contributed by atoms with Gasteiger partial charge in [0.2, 0.25) is 0 Å². The Morgan fingerprint density at radius 2 is 2.22 bits per heavy atom. The van der Waals surface area contributed by atoms with Gasteiger partial charge in [0, 0.05) is 12.1 Å². The second kappa shape index (κ2) is 5.14. The van der Waals surface area contributed by atoms with Crippen molar-refractivity contribution in [2.24, 2.45) is 0 Å². The summed E-state index contributed by atoms with van der Waals surface area (Å²) in [6.07, 6.45) is 0. The summed E-state index contributed by atoms with van der Waals surface area (Å²) in [5, 5.41) is 14.1. The summed E-state index contributed by atoms with van der Waals surface area (Å²) in [5.41, 5.74) is 0.899. The van der Waals surface area contributed by atoms with Crippen LogP contribution in [0.15, 0.2) is 24.3 Å². The van der Waals surface area contributed by atoms with Crippen molar-refractivity contribution in [3.8, 4) is 0 Å². The Labute approximate surface area is 107 Å². The van der Waals surface area contributed by atoms with Crippen LogP contribution < -0.4 is 10.4 Å². The first-order valence-corrected chi connectivity index (χ1v) is 6.05. The van der Waals surface area contributed by atoms with E-state index in [-0.39, 0.29) is 17.2 Å². The second-order valence-electron chi connectivity index (χ2n) is 3.67. The van der Waals surface area contributed by atoms with Gasteiger partial charge in [-0.2, -0.15) is 0 Å². The molecule has 0 fully saturated rings. The molecular formula is C12H10FN2O2S-. The number of carboxylic acids is 1. The number of hydrogen-bond acceptors (Lipinski definition) is 5. The van der Waals surface area contributed by atoms with E-state index < -0.39 is 5.97 Å². The Hall–Kier alpha value is -1.95. The number of benzene rings is 1. The normalized spacial score (nSPS) is 10.3. The van der Waals surface area contributed by atoms with Crippen molar-refractivity contribution in [1.29, 1.82) is 0 Å². The van der Waals surface area contributed by atoms with E-state index >= 15 is 0 Å². The van der Waals surface area contributed by atoms with Crippen molar-refractivity contribution in [2.45, 2.75) is 13.5 Å². The van der Waals surface area contributed by atoms with Crippen LogP contribution in [0, 0.1) is 12.7 Å². The molecule has 0 saturated heterocycles. The monoisotopic (exact) mass is 265 g/mol. The first-order chi connectivity index (χ1) is 8.58. The van der Waals surface area contributed by atoms with Gasteiger partial charge in [0.25, 0.3) is 0 Å². The number of nitrogens with one attached hydrogen (secondary N) is 1. The lowest BCUT2D eigenvalue weighted by atomic mass is 10.2. The number of nitrogens with zero attached hydrogens (tertiary/aromatic N) is 1. The lowest BCUT2D eigenvalue weighted by Crippen LogP contribution is -2.21. The van der Waals surface area contributed by atoms with Crippen LogP contribution >= 0.6 is 11.3 Å². The summed E-state index contributed by atoms with van der Waals surface area (Å²) >= 11 is 0.986. The minimum Gasteiger partial charge on any atom is -0.544 e. The molecule has 0 aliphatic carbocycles. The molecule has 4 nitrogen and oxygen atoms in total. The van der Waals surface area contributed by atoms with Crippen LogP contribution in [0.25, 0.3) is 0 Å². The standard InChI is InChI=1S/C12H11FN2O2S/c1-7-10(11(16)17)18-12(15-7)14-6-8-4-2-3-5-9(8)13/h2-5H,6H2,1H3,(H,14,15)(H,16,17)/p-1. The number of carboxylic acid groups (broad SMARTS) is 1. The predicted molar refractivity (Wildman–Crippen MR) is 64.9 cm³/mol. The molecule has 1 aromatic carbocycles. The number of aromatic carboxylic acids is 1. The zero-order valence-corrected chi connectivity index (χ0v) is 10.4. The van der Waals surface area contributed by atoms with E-state index in [1.165, 1.54) is 6.07 Å². The Kier molecular flexibility index (Phi) is 3.57. The predicted octanol–water partition coefficient (Wildman–Crippen LogP) is 1.57. The third kappa shape index (κ3) is 2.65. The van der Waals surface area contributed by atoms with Crippen molar-refractivity contribution in [3.05, 3.63) is 46.2 Å². The van der Waals surface area contributed by atoms with Crippen LogP contribution in [0.4, 0.5) is 9.52 Å². The SMILES string of the molecule is Cc1nc(NCc2ccccc2F)sc1C(=O)[O-]. The number of anilines is 1. The number of aromatic nitrogens is 1. The number of carbonyl (C=O) groups excluding carboxylic acids is 1. The fourth-order valence-electron chi connectivity index (χ4n) is 1.47. The first-order valence-electron chi connectivity index (χ1n) is 5.24. The Balaban J connectivity index is 2.09. The largest absolute Gasteiger partial charge is 0.544 e. The highest BCUT2D eigenvalue weighted by molar-refractivity contribution is 7.17.